The first kappa shape index (κ1) is 7.54. The molecule has 0 saturated heterocycles. The van der Waals surface area contributed by atoms with Gasteiger partial charge in [0, 0.05) is 0 Å². The Morgan fingerprint density at radius 1 is 1.50 bits per heavy atom. The predicted octanol–water partition coefficient (Wildman–Crippen LogP) is 2.37. The van der Waals surface area contributed by atoms with E-state index in [2.05, 4.69) is 13.8 Å². The quantitative estimate of drug-likeness (QED) is 0.501. The van der Waals surface area contributed by atoms with E-state index in [4.69, 9.17) is 0 Å². The van der Waals surface area contributed by atoms with E-state index in [0.29, 0.717) is 5.92 Å². The highest BCUT2D eigenvalue weighted by Crippen LogP contribution is 2.02. The van der Waals surface area contributed by atoms with Gasteiger partial charge in [0.2, 0.25) is 0 Å². The maximum atomic E-state index is 9.73. The van der Waals surface area contributed by atoms with Gasteiger partial charge in [0.05, 0.1) is 0 Å². The molecule has 0 rings (SSSR count). The van der Waals surface area contributed by atoms with Crippen molar-refractivity contribution in [3.8, 4) is 0 Å². The highest BCUT2D eigenvalue weighted by Gasteiger charge is 1.88. The van der Waals surface area contributed by atoms with E-state index >= 15 is 0 Å². The number of hydrogen-bond acceptors (Lipinski definition) is 0. The minimum atomic E-state index is 0.714. The lowest BCUT2D eigenvalue weighted by atomic mass is 10.1. The highest BCUT2D eigenvalue weighted by atomic mass is 16.2. The van der Waals surface area contributed by atoms with Gasteiger partial charge in [-0.25, -0.2) is 0 Å². The van der Waals surface area contributed by atoms with E-state index in [1.54, 1.807) is 6.08 Å². The third-order valence-corrected chi connectivity index (χ3v) is 1.01. The van der Waals surface area contributed by atoms with E-state index < -0.39 is 0 Å². The maximum Gasteiger partial charge on any atom is 0.138 e. The van der Waals surface area contributed by atoms with Crippen LogP contribution in [0, 0.1) is 5.92 Å². The van der Waals surface area contributed by atoms with Crippen LogP contribution < -0.4 is 0 Å². The van der Waals surface area contributed by atoms with Gasteiger partial charge < -0.3 is 0 Å². The molecule has 8 heavy (non-hydrogen) atoms. The third-order valence-electron chi connectivity index (χ3n) is 1.01. The Morgan fingerprint density at radius 2 is 2.12 bits per heavy atom. The second kappa shape index (κ2) is 4.69. The van der Waals surface area contributed by atoms with Crippen molar-refractivity contribution in [2.75, 3.05) is 0 Å². The zero-order chi connectivity index (χ0) is 6.41. The standard InChI is InChI=1S/C7H13O/c1-7(2)5-3-4-6-8/h4,6-7H,3,5H2,1-2H3/b6-4+. The molecule has 1 radical (unpaired) electrons. The van der Waals surface area contributed by atoms with Crippen LogP contribution in [0.5, 0.6) is 0 Å². The molecular weight excluding hydrogens is 100 g/mol. The zero-order valence-corrected chi connectivity index (χ0v) is 5.55. The van der Waals surface area contributed by atoms with Gasteiger partial charge in [-0.3, -0.25) is 5.11 Å². The largest absolute Gasteiger partial charge is 0.299 e. The first-order valence-corrected chi connectivity index (χ1v) is 3.04. The van der Waals surface area contributed by atoms with E-state index in [1.807, 2.05) is 0 Å². The van der Waals surface area contributed by atoms with Crippen LogP contribution in [0.25, 0.3) is 0 Å². The normalized spacial score (nSPS) is 11.4. The molecule has 0 amide bonds. The van der Waals surface area contributed by atoms with Gasteiger partial charge in [-0.05, 0) is 24.8 Å². The van der Waals surface area contributed by atoms with Crippen LogP contribution in [0.15, 0.2) is 12.3 Å². The molecule has 0 aromatic heterocycles. The van der Waals surface area contributed by atoms with Crippen molar-refractivity contribution in [3.63, 3.8) is 0 Å². The van der Waals surface area contributed by atoms with E-state index in [-0.39, 0.29) is 0 Å². The summed E-state index contributed by atoms with van der Waals surface area (Å²) < 4.78 is 0. The molecule has 0 saturated carbocycles. The van der Waals surface area contributed by atoms with Crippen molar-refractivity contribution in [3.05, 3.63) is 12.3 Å². The fraction of sp³-hybridized carbons (Fsp3) is 0.714. The summed E-state index contributed by atoms with van der Waals surface area (Å²) in [6.45, 7) is 4.30. The molecule has 0 aromatic rings. The Morgan fingerprint density at radius 3 is 2.50 bits per heavy atom. The van der Waals surface area contributed by atoms with Crippen LogP contribution in [-0.2, 0) is 5.11 Å². The molecule has 0 heterocycles. The van der Waals surface area contributed by atoms with E-state index in [0.717, 1.165) is 19.1 Å². The Balaban J connectivity index is 2.93. The molecule has 0 atom stereocenters. The average molecular weight is 113 g/mol. The molecule has 0 aliphatic rings. The molecular formula is C7H13O. The molecule has 47 valence electrons. The Kier molecular flexibility index (Phi) is 4.42. The van der Waals surface area contributed by atoms with E-state index in [9.17, 15) is 5.11 Å². The topological polar surface area (TPSA) is 19.9 Å². The van der Waals surface area contributed by atoms with Crippen molar-refractivity contribution in [2.24, 2.45) is 5.92 Å². The SMILES string of the molecule is CC(C)CC/C=C/[O]. The second-order valence-corrected chi connectivity index (χ2v) is 2.34. The van der Waals surface area contributed by atoms with Crippen LogP contribution in [0.4, 0.5) is 0 Å². The Bertz CT molecular complexity index is 64.8. The lowest BCUT2D eigenvalue weighted by Crippen LogP contribution is -1.83. The molecule has 0 unspecified atom stereocenters. The summed E-state index contributed by atoms with van der Waals surface area (Å²) in [5.74, 6) is 0.714. The summed E-state index contributed by atoms with van der Waals surface area (Å²) in [5, 5.41) is 9.73. The summed E-state index contributed by atoms with van der Waals surface area (Å²) in [6.07, 6.45) is 4.59. The van der Waals surface area contributed by atoms with Gasteiger partial charge in [0.15, 0.2) is 0 Å². The Labute approximate surface area is 51.0 Å². The van der Waals surface area contributed by atoms with Crippen molar-refractivity contribution in [1.29, 1.82) is 0 Å². The van der Waals surface area contributed by atoms with Gasteiger partial charge in [0.1, 0.15) is 6.26 Å². The number of hydrogen-bond donors (Lipinski definition) is 0. The lowest BCUT2D eigenvalue weighted by molar-refractivity contribution is 0.349. The summed E-state index contributed by atoms with van der Waals surface area (Å²) >= 11 is 0. The van der Waals surface area contributed by atoms with Gasteiger partial charge >= 0.3 is 0 Å². The minimum absolute atomic E-state index is 0.714. The molecule has 0 aliphatic carbocycles. The van der Waals surface area contributed by atoms with Gasteiger partial charge in [-0.15, -0.1) is 0 Å². The minimum Gasteiger partial charge on any atom is -0.299 e. The average Bonchev–Trinajstić information content (AvgIpc) is 1.66. The first-order chi connectivity index (χ1) is 3.77. The van der Waals surface area contributed by atoms with Crippen molar-refractivity contribution in [1.82, 2.24) is 0 Å². The highest BCUT2D eigenvalue weighted by molar-refractivity contribution is 4.71. The molecule has 0 aliphatic heterocycles. The molecule has 0 spiro atoms. The van der Waals surface area contributed by atoms with Crippen LogP contribution in [0.2, 0.25) is 0 Å². The van der Waals surface area contributed by atoms with Gasteiger partial charge in [-0.1, -0.05) is 13.8 Å². The summed E-state index contributed by atoms with van der Waals surface area (Å²) in [4.78, 5) is 0. The molecule has 0 bridgehead atoms. The summed E-state index contributed by atoms with van der Waals surface area (Å²) in [7, 11) is 0. The van der Waals surface area contributed by atoms with Crippen LogP contribution in [0.3, 0.4) is 0 Å². The predicted molar refractivity (Wildman–Crippen MR) is 33.9 cm³/mol. The third kappa shape index (κ3) is 5.54. The zero-order valence-electron chi connectivity index (χ0n) is 5.55. The van der Waals surface area contributed by atoms with Crippen LogP contribution >= 0.6 is 0 Å². The number of allylic oxidation sites excluding steroid dienone is 1. The lowest BCUT2D eigenvalue weighted by Gasteiger charge is -1.96. The smallest absolute Gasteiger partial charge is 0.138 e. The van der Waals surface area contributed by atoms with E-state index in [1.165, 1.54) is 0 Å². The van der Waals surface area contributed by atoms with Crippen molar-refractivity contribution >= 4 is 0 Å². The van der Waals surface area contributed by atoms with Gasteiger partial charge in [0.25, 0.3) is 0 Å². The maximum absolute atomic E-state index is 9.73. The Hall–Kier alpha value is -0.460. The van der Waals surface area contributed by atoms with Crippen molar-refractivity contribution in [2.45, 2.75) is 26.7 Å². The van der Waals surface area contributed by atoms with Crippen molar-refractivity contribution < 1.29 is 5.11 Å². The fourth-order valence-electron chi connectivity index (χ4n) is 0.498. The molecule has 0 aromatic carbocycles. The molecule has 1 heteroatoms. The fourth-order valence-corrected chi connectivity index (χ4v) is 0.498. The monoisotopic (exact) mass is 113 g/mol. The van der Waals surface area contributed by atoms with Crippen LogP contribution in [-0.4, -0.2) is 0 Å². The number of rotatable bonds is 3. The van der Waals surface area contributed by atoms with Crippen LogP contribution in [0.1, 0.15) is 26.7 Å². The van der Waals surface area contributed by atoms with Gasteiger partial charge in [-0.2, -0.15) is 0 Å². The summed E-state index contributed by atoms with van der Waals surface area (Å²) in [5.41, 5.74) is 0. The summed E-state index contributed by atoms with van der Waals surface area (Å²) in [6, 6.07) is 0. The molecule has 1 nitrogen and oxygen atoms in total. The molecule has 0 fully saturated rings. The molecule has 0 N–H and O–H groups in total. The first-order valence-electron chi connectivity index (χ1n) is 3.04. The second-order valence-electron chi connectivity index (χ2n) is 2.34.